The third kappa shape index (κ3) is 13.3. The zero-order valence-electron chi connectivity index (χ0n) is 31.2. The molecule has 0 heterocycles. The Balaban J connectivity index is 2.70. The quantitative estimate of drug-likeness (QED) is 0.205. The Morgan fingerprint density at radius 1 is 0.771 bits per heavy atom. The van der Waals surface area contributed by atoms with Crippen molar-refractivity contribution < 1.29 is 28.7 Å². The number of ether oxygens (including phenoxy) is 2. The maximum absolute atomic E-state index is 14.8. The summed E-state index contributed by atoms with van der Waals surface area (Å²) in [6.45, 7) is 22.4. The van der Waals surface area contributed by atoms with Gasteiger partial charge in [-0.2, -0.15) is 0 Å². The minimum atomic E-state index is -1.11. The molecular weight excluding hydrogens is 606 g/mol. The first-order valence-electron chi connectivity index (χ1n) is 17.1. The molecule has 0 aliphatic heterocycles. The maximum atomic E-state index is 14.8. The lowest BCUT2D eigenvalue weighted by atomic mass is 9.94. The van der Waals surface area contributed by atoms with Crippen LogP contribution in [0.3, 0.4) is 0 Å². The molecule has 0 spiro atoms. The highest BCUT2D eigenvalue weighted by Crippen LogP contribution is 2.29. The molecule has 9 heteroatoms. The van der Waals surface area contributed by atoms with Gasteiger partial charge in [-0.25, -0.2) is 9.59 Å². The zero-order chi connectivity index (χ0) is 36.4. The zero-order valence-corrected chi connectivity index (χ0v) is 31.2. The van der Waals surface area contributed by atoms with Crippen LogP contribution >= 0.6 is 0 Å². The van der Waals surface area contributed by atoms with Gasteiger partial charge in [0.05, 0.1) is 0 Å². The molecule has 0 aliphatic rings. The summed E-state index contributed by atoms with van der Waals surface area (Å²) in [5, 5.41) is 5.77. The lowest BCUT2D eigenvalue weighted by molar-refractivity contribution is -0.159. The second kappa shape index (κ2) is 17.5. The van der Waals surface area contributed by atoms with Crippen molar-refractivity contribution in [3.8, 4) is 0 Å². The van der Waals surface area contributed by atoms with Crippen LogP contribution in [0.25, 0.3) is 0 Å². The summed E-state index contributed by atoms with van der Waals surface area (Å²) in [6, 6.07) is 13.4. The summed E-state index contributed by atoms with van der Waals surface area (Å²) in [5.41, 5.74) is 0.809. The molecule has 3 amide bonds. The fraction of sp³-hybridized carbons (Fsp3) is 0.590. The molecule has 0 fully saturated rings. The van der Waals surface area contributed by atoms with Crippen molar-refractivity contribution in [3.63, 3.8) is 0 Å². The van der Waals surface area contributed by atoms with Crippen LogP contribution in [0.1, 0.15) is 112 Å². The van der Waals surface area contributed by atoms with Crippen molar-refractivity contribution in [2.45, 2.75) is 138 Å². The van der Waals surface area contributed by atoms with Gasteiger partial charge in [0.25, 0.3) is 0 Å². The first-order chi connectivity index (χ1) is 22.2. The normalized spacial score (nSPS) is 14.5. The first-order valence-corrected chi connectivity index (χ1v) is 17.1. The third-order valence-corrected chi connectivity index (χ3v) is 7.67. The average Bonchev–Trinajstić information content (AvgIpc) is 2.95. The Morgan fingerprint density at radius 3 is 1.90 bits per heavy atom. The summed E-state index contributed by atoms with van der Waals surface area (Å²) in [6.07, 6.45) is 0.922. The SMILES string of the molecule is Cc1cccc(C(C(=O)NC(Cc2ccccc2)C(=O)OC(C)(C)C)N(C(=O)C(NC(=O)OC(C)(C)C)C(C)C)C(C)CCC(C)C)c1. The van der Waals surface area contributed by atoms with Crippen molar-refractivity contribution in [3.05, 3.63) is 71.3 Å². The number of esters is 1. The number of nitrogens with one attached hydrogen (secondary N) is 2. The molecule has 2 N–H and O–H groups in total. The molecule has 2 aromatic carbocycles. The lowest BCUT2D eigenvalue weighted by Crippen LogP contribution is -2.58. The van der Waals surface area contributed by atoms with Crippen LogP contribution in [0.15, 0.2) is 54.6 Å². The molecule has 0 radical (unpaired) electrons. The van der Waals surface area contributed by atoms with Crippen LogP contribution in [0.5, 0.6) is 0 Å². The van der Waals surface area contributed by atoms with Crippen molar-refractivity contribution in [1.29, 1.82) is 0 Å². The maximum Gasteiger partial charge on any atom is 0.408 e. The molecule has 2 rings (SSSR count). The van der Waals surface area contributed by atoms with E-state index < -0.39 is 59.2 Å². The number of benzene rings is 2. The van der Waals surface area contributed by atoms with Crippen LogP contribution < -0.4 is 10.6 Å². The number of alkyl carbamates (subject to hydrolysis) is 1. The number of amides is 3. The van der Waals surface area contributed by atoms with Gasteiger partial charge in [0.1, 0.15) is 29.3 Å². The molecular formula is C39H59N3O6. The summed E-state index contributed by atoms with van der Waals surface area (Å²) in [7, 11) is 0. The lowest BCUT2D eigenvalue weighted by Gasteiger charge is -2.40. The van der Waals surface area contributed by atoms with Gasteiger partial charge < -0.3 is 25.0 Å². The number of hydrogen-bond donors (Lipinski definition) is 2. The van der Waals surface area contributed by atoms with Crippen LogP contribution in [0.4, 0.5) is 4.79 Å². The van der Waals surface area contributed by atoms with E-state index in [9.17, 15) is 19.2 Å². The highest BCUT2D eigenvalue weighted by atomic mass is 16.6. The standard InChI is InChI=1S/C39H59N3O6/c1-25(2)21-22-28(6)42(35(44)32(26(3)4)41-37(46)48-39(10,11)12)33(30-20-16-17-27(5)23-30)34(43)40-31(36(45)47-38(7,8)9)24-29-18-14-13-15-19-29/h13-20,23,25-26,28,31-33H,21-22,24H2,1-12H3,(H,40,43)(H,41,46). The second-order valence-corrected chi connectivity index (χ2v) is 15.5. The topological polar surface area (TPSA) is 114 Å². The van der Waals surface area contributed by atoms with Gasteiger partial charge in [-0.15, -0.1) is 0 Å². The van der Waals surface area contributed by atoms with Crippen molar-refractivity contribution in [2.75, 3.05) is 0 Å². The Morgan fingerprint density at radius 2 is 1.38 bits per heavy atom. The highest BCUT2D eigenvalue weighted by molar-refractivity contribution is 5.94. The summed E-state index contributed by atoms with van der Waals surface area (Å²) < 4.78 is 11.3. The molecule has 0 aliphatic carbocycles. The van der Waals surface area contributed by atoms with E-state index in [0.29, 0.717) is 17.9 Å². The summed E-state index contributed by atoms with van der Waals surface area (Å²) >= 11 is 0. The number of carbonyl (C=O) groups excluding carboxylic acids is 4. The van der Waals surface area contributed by atoms with E-state index >= 15 is 0 Å². The monoisotopic (exact) mass is 665 g/mol. The fourth-order valence-corrected chi connectivity index (χ4v) is 5.37. The smallest absolute Gasteiger partial charge is 0.408 e. The summed E-state index contributed by atoms with van der Waals surface area (Å²) in [4.78, 5) is 57.6. The van der Waals surface area contributed by atoms with E-state index in [2.05, 4.69) is 24.5 Å². The van der Waals surface area contributed by atoms with Crippen molar-refractivity contribution in [1.82, 2.24) is 15.5 Å². The second-order valence-electron chi connectivity index (χ2n) is 15.5. The van der Waals surface area contributed by atoms with Crippen LogP contribution in [-0.4, -0.2) is 58.1 Å². The van der Waals surface area contributed by atoms with Gasteiger partial charge in [0.15, 0.2) is 0 Å². The number of nitrogens with zero attached hydrogens (tertiary/aromatic N) is 1. The van der Waals surface area contributed by atoms with E-state index in [0.717, 1.165) is 17.5 Å². The Bertz CT molecular complexity index is 1360. The molecule has 0 saturated carbocycles. The number of aryl methyl sites for hydroxylation is 1. The molecule has 266 valence electrons. The molecule has 2 aromatic rings. The molecule has 4 unspecified atom stereocenters. The molecule has 0 bridgehead atoms. The minimum absolute atomic E-state index is 0.202. The Labute approximate surface area is 288 Å². The number of rotatable bonds is 14. The molecule has 0 saturated heterocycles. The predicted octanol–water partition coefficient (Wildman–Crippen LogP) is 7.31. The summed E-state index contributed by atoms with van der Waals surface area (Å²) in [5.74, 6) is -1.46. The van der Waals surface area contributed by atoms with Gasteiger partial charge in [-0.05, 0) is 91.2 Å². The Kier molecular flexibility index (Phi) is 14.7. The minimum Gasteiger partial charge on any atom is -0.458 e. The molecule has 4 atom stereocenters. The van der Waals surface area contributed by atoms with Gasteiger partial charge in [0.2, 0.25) is 11.8 Å². The average molecular weight is 666 g/mol. The molecule has 9 nitrogen and oxygen atoms in total. The van der Waals surface area contributed by atoms with E-state index in [1.165, 1.54) is 0 Å². The fourth-order valence-electron chi connectivity index (χ4n) is 5.37. The van der Waals surface area contributed by atoms with Gasteiger partial charge in [-0.3, -0.25) is 9.59 Å². The van der Waals surface area contributed by atoms with Gasteiger partial charge in [-0.1, -0.05) is 87.9 Å². The van der Waals surface area contributed by atoms with Crippen LogP contribution in [0, 0.1) is 18.8 Å². The van der Waals surface area contributed by atoms with Crippen LogP contribution in [-0.2, 0) is 30.3 Å². The van der Waals surface area contributed by atoms with Crippen molar-refractivity contribution in [2.24, 2.45) is 11.8 Å². The number of carbonyl (C=O) groups is 4. The van der Waals surface area contributed by atoms with E-state index in [4.69, 9.17) is 9.47 Å². The van der Waals surface area contributed by atoms with E-state index in [1.54, 1.807) is 46.4 Å². The third-order valence-electron chi connectivity index (χ3n) is 7.67. The molecule has 0 aromatic heterocycles. The van der Waals surface area contributed by atoms with E-state index in [1.807, 2.05) is 82.3 Å². The van der Waals surface area contributed by atoms with Crippen LogP contribution in [0.2, 0.25) is 0 Å². The molecule has 48 heavy (non-hydrogen) atoms. The largest absolute Gasteiger partial charge is 0.458 e. The van der Waals surface area contributed by atoms with Crippen molar-refractivity contribution >= 4 is 23.9 Å². The van der Waals surface area contributed by atoms with E-state index in [-0.39, 0.29) is 12.3 Å². The Hall–Kier alpha value is -3.88. The highest BCUT2D eigenvalue weighted by Gasteiger charge is 2.41. The predicted molar refractivity (Wildman–Crippen MR) is 190 cm³/mol. The van der Waals surface area contributed by atoms with Gasteiger partial charge >= 0.3 is 12.1 Å². The first kappa shape index (κ1) is 40.3. The van der Waals surface area contributed by atoms with Gasteiger partial charge in [0, 0.05) is 12.5 Å². The number of hydrogen-bond acceptors (Lipinski definition) is 6.